The molecule has 110 valence electrons. The van der Waals surface area contributed by atoms with Gasteiger partial charge in [0.15, 0.2) is 23.0 Å². The maximum absolute atomic E-state index is 5.86. The first-order valence-electron chi connectivity index (χ1n) is 6.47. The van der Waals surface area contributed by atoms with E-state index in [1.165, 1.54) is 21.3 Å². The van der Waals surface area contributed by atoms with Crippen LogP contribution in [0.5, 0.6) is 23.0 Å². The van der Waals surface area contributed by atoms with Crippen LogP contribution in [0.1, 0.15) is 5.56 Å². The molecule has 2 aromatic carbocycles. The topological polar surface area (TPSA) is 46.2 Å². The van der Waals surface area contributed by atoms with Crippen LogP contribution in [0.25, 0.3) is 0 Å². The van der Waals surface area contributed by atoms with E-state index in [0.29, 0.717) is 28.6 Å². The van der Waals surface area contributed by atoms with Crippen LogP contribution in [0.4, 0.5) is 0 Å². The smallest absolute Gasteiger partial charge is 0.311 e. The predicted molar refractivity (Wildman–Crippen MR) is 75.7 cm³/mol. The van der Waals surface area contributed by atoms with Gasteiger partial charge in [0.05, 0.1) is 0 Å². The summed E-state index contributed by atoms with van der Waals surface area (Å²) in [5.41, 5.74) is 0.678. The lowest BCUT2D eigenvalue weighted by atomic mass is 10.1. The molecule has 0 aliphatic carbocycles. The van der Waals surface area contributed by atoms with E-state index in [4.69, 9.17) is 23.7 Å². The fraction of sp³-hybridized carbons (Fsp3) is 0.250. The molecule has 1 aliphatic rings. The average molecular weight is 288 g/mol. The second-order valence-corrected chi connectivity index (χ2v) is 4.48. The van der Waals surface area contributed by atoms with Crippen molar-refractivity contribution in [3.05, 3.63) is 48.0 Å². The fourth-order valence-electron chi connectivity index (χ4n) is 2.32. The van der Waals surface area contributed by atoms with E-state index in [1.807, 2.05) is 30.3 Å². The Hall–Kier alpha value is -2.08. The van der Waals surface area contributed by atoms with Crippen LogP contribution in [0.2, 0.25) is 0 Å². The van der Waals surface area contributed by atoms with Crippen LogP contribution in [-0.2, 0) is 20.2 Å². The highest BCUT2D eigenvalue weighted by atomic mass is 16.9. The number of para-hydroxylation sites is 2. The van der Waals surface area contributed by atoms with Gasteiger partial charge in [-0.05, 0) is 30.3 Å². The normalized spacial score (nSPS) is 12.9. The van der Waals surface area contributed by atoms with Crippen LogP contribution in [0.15, 0.2) is 42.5 Å². The van der Waals surface area contributed by atoms with Crippen LogP contribution in [-0.4, -0.2) is 21.3 Å². The molecule has 5 heteroatoms. The summed E-state index contributed by atoms with van der Waals surface area (Å²) in [6, 6.07) is 12.9. The molecule has 0 spiro atoms. The molecule has 0 amide bonds. The summed E-state index contributed by atoms with van der Waals surface area (Å²) >= 11 is 0. The Balaban J connectivity index is 2.00. The van der Waals surface area contributed by atoms with E-state index in [-0.39, 0.29) is 0 Å². The highest BCUT2D eigenvalue weighted by Gasteiger charge is 2.34. The maximum atomic E-state index is 5.86. The minimum absolute atomic E-state index is 0.585. The lowest BCUT2D eigenvalue weighted by Crippen LogP contribution is -2.32. The van der Waals surface area contributed by atoms with Crippen molar-refractivity contribution in [3.8, 4) is 23.0 Å². The molecule has 0 saturated heterocycles. The van der Waals surface area contributed by atoms with Gasteiger partial charge in [0.25, 0.3) is 0 Å². The van der Waals surface area contributed by atoms with E-state index in [0.717, 1.165) is 0 Å². The quantitative estimate of drug-likeness (QED) is 0.686. The Kier molecular flexibility index (Phi) is 3.55. The van der Waals surface area contributed by atoms with Gasteiger partial charge in [-0.2, -0.15) is 0 Å². The van der Waals surface area contributed by atoms with Crippen molar-refractivity contribution < 1.29 is 23.7 Å². The Morgan fingerprint density at radius 2 is 1.24 bits per heavy atom. The van der Waals surface area contributed by atoms with Gasteiger partial charge < -0.3 is 23.7 Å². The average Bonchev–Trinajstić information content (AvgIpc) is 2.55. The largest absolute Gasteiger partial charge is 0.450 e. The van der Waals surface area contributed by atoms with Crippen molar-refractivity contribution in [2.75, 3.05) is 21.3 Å². The first-order chi connectivity index (χ1) is 10.2. The third kappa shape index (κ3) is 2.25. The molecule has 3 rings (SSSR count). The van der Waals surface area contributed by atoms with Gasteiger partial charge >= 0.3 is 5.97 Å². The van der Waals surface area contributed by atoms with Crippen LogP contribution < -0.4 is 9.47 Å². The Morgan fingerprint density at radius 1 is 0.714 bits per heavy atom. The minimum Gasteiger partial charge on any atom is -0.450 e. The minimum atomic E-state index is -1.27. The molecule has 0 atom stereocenters. The highest BCUT2D eigenvalue weighted by molar-refractivity contribution is 5.55. The molecule has 0 saturated carbocycles. The second-order valence-electron chi connectivity index (χ2n) is 4.48. The van der Waals surface area contributed by atoms with Gasteiger partial charge in [-0.3, -0.25) is 0 Å². The molecule has 0 N–H and O–H groups in total. The van der Waals surface area contributed by atoms with Crippen molar-refractivity contribution in [1.29, 1.82) is 0 Å². The van der Waals surface area contributed by atoms with Gasteiger partial charge in [-0.15, -0.1) is 0 Å². The van der Waals surface area contributed by atoms with E-state index in [2.05, 4.69) is 0 Å². The summed E-state index contributed by atoms with van der Waals surface area (Å²) in [5, 5.41) is 0. The summed E-state index contributed by atoms with van der Waals surface area (Å²) in [4.78, 5) is 0. The zero-order valence-electron chi connectivity index (χ0n) is 12.1. The van der Waals surface area contributed by atoms with Gasteiger partial charge in [-0.25, -0.2) is 0 Å². The number of hydrogen-bond acceptors (Lipinski definition) is 5. The summed E-state index contributed by atoms with van der Waals surface area (Å²) in [7, 11) is 4.54. The molecule has 0 fully saturated rings. The first kappa shape index (κ1) is 13.9. The van der Waals surface area contributed by atoms with Gasteiger partial charge in [0.2, 0.25) is 0 Å². The number of hydrogen-bond donors (Lipinski definition) is 0. The van der Waals surface area contributed by atoms with Gasteiger partial charge in [0, 0.05) is 26.9 Å². The third-order valence-electron chi connectivity index (χ3n) is 3.39. The Morgan fingerprint density at radius 3 is 1.81 bits per heavy atom. The standard InChI is InChI=1S/C16H16O5/c1-17-16(18-2,19-3)11-8-9-14-15(10-11)21-13-7-5-4-6-12(13)20-14/h4-10H,1-3H3. The van der Waals surface area contributed by atoms with Crippen molar-refractivity contribution in [3.63, 3.8) is 0 Å². The zero-order chi connectivity index (χ0) is 14.9. The maximum Gasteiger partial charge on any atom is 0.311 e. The molecule has 2 aromatic rings. The predicted octanol–water partition coefficient (Wildman–Crippen LogP) is 3.63. The number of fused-ring (bicyclic) bond motifs is 2. The summed E-state index contributed by atoms with van der Waals surface area (Å²) in [6.07, 6.45) is 0. The lowest BCUT2D eigenvalue weighted by molar-refractivity contribution is -0.364. The molecule has 21 heavy (non-hydrogen) atoms. The van der Waals surface area contributed by atoms with Crippen LogP contribution in [0, 0.1) is 0 Å². The molecule has 1 aliphatic heterocycles. The Bertz CT molecular complexity index is 641. The SMILES string of the molecule is COC(OC)(OC)c1ccc2c(c1)Oc1ccccc1O2. The summed E-state index contributed by atoms with van der Waals surface area (Å²) in [5.74, 6) is 1.31. The van der Waals surface area contributed by atoms with Crippen molar-refractivity contribution in [1.82, 2.24) is 0 Å². The molecule has 0 unspecified atom stereocenters. The number of methoxy groups -OCH3 is 3. The molecule has 0 aromatic heterocycles. The van der Waals surface area contributed by atoms with Gasteiger partial charge in [0.1, 0.15) is 0 Å². The Labute approximate surface area is 123 Å². The summed E-state index contributed by atoms with van der Waals surface area (Å²) < 4.78 is 27.7. The fourth-order valence-corrected chi connectivity index (χ4v) is 2.32. The van der Waals surface area contributed by atoms with E-state index in [9.17, 15) is 0 Å². The molecule has 0 bridgehead atoms. The number of benzene rings is 2. The zero-order valence-corrected chi connectivity index (χ0v) is 12.1. The molecule has 0 radical (unpaired) electrons. The van der Waals surface area contributed by atoms with Gasteiger partial charge in [-0.1, -0.05) is 12.1 Å². The number of ether oxygens (including phenoxy) is 5. The molecule has 5 nitrogen and oxygen atoms in total. The van der Waals surface area contributed by atoms with Crippen LogP contribution >= 0.6 is 0 Å². The van der Waals surface area contributed by atoms with E-state index >= 15 is 0 Å². The van der Waals surface area contributed by atoms with E-state index < -0.39 is 5.97 Å². The monoisotopic (exact) mass is 288 g/mol. The molecule has 1 heterocycles. The lowest BCUT2D eigenvalue weighted by Gasteiger charge is -2.30. The molecular weight excluding hydrogens is 272 g/mol. The van der Waals surface area contributed by atoms with Crippen LogP contribution in [0.3, 0.4) is 0 Å². The second kappa shape index (κ2) is 5.37. The van der Waals surface area contributed by atoms with Crippen molar-refractivity contribution in [2.45, 2.75) is 5.97 Å². The molecular formula is C16H16O5. The summed E-state index contributed by atoms with van der Waals surface area (Å²) in [6.45, 7) is 0. The highest BCUT2D eigenvalue weighted by Crippen LogP contribution is 2.46. The van der Waals surface area contributed by atoms with E-state index in [1.54, 1.807) is 12.1 Å². The van der Waals surface area contributed by atoms with Crippen molar-refractivity contribution >= 4 is 0 Å². The van der Waals surface area contributed by atoms with Crippen molar-refractivity contribution in [2.24, 2.45) is 0 Å². The number of rotatable bonds is 4. The third-order valence-corrected chi connectivity index (χ3v) is 3.39. The first-order valence-corrected chi connectivity index (χ1v) is 6.47.